The van der Waals surface area contributed by atoms with Gasteiger partial charge in [0.25, 0.3) is 5.70 Å². The van der Waals surface area contributed by atoms with E-state index in [4.69, 9.17) is 21.2 Å². The number of cyclic esters (lactones) is 1. The number of nitrogens with zero attached hydrogens (tertiary/aromatic N) is 1. The summed E-state index contributed by atoms with van der Waals surface area (Å²) < 4.78 is 4.77. The SMILES string of the molecule is CC[N+]1(OCC2CNC(=O)O2)C(C(=O)O)=Cc2cc(Cl)ccc21. The Balaban J connectivity index is 1.93. The van der Waals surface area contributed by atoms with Gasteiger partial charge in [0.15, 0.2) is 11.8 Å². The number of hydrogen-bond acceptors (Lipinski definition) is 4. The van der Waals surface area contributed by atoms with Gasteiger partial charge in [-0.2, -0.15) is 4.84 Å². The van der Waals surface area contributed by atoms with Crippen molar-refractivity contribution in [1.29, 1.82) is 0 Å². The molecule has 1 saturated heterocycles. The number of amides is 1. The third kappa shape index (κ3) is 2.67. The van der Waals surface area contributed by atoms with Crippen LogP contribution in [0.3, 0.4) is 0 Å². The van der Waals surface area contributed by atoms with Crippen LogP contribution in [0.1, 0.15) is 12.5 Å². The maximum atomic E-state index is 11.7. The smallest absolute Gasteiger partial charge is 0.407 e. The number of ether oxygens (including phenoxy) is 1. The van der Waals surface area contributed by atoms with Crippen molar-refractivity contribution >= 4 is 35.4 Å². The monoisotopic (exact) mass is 339 g/mol. The molecule has 0 bridgehead atoms. The van der Waals surface area contributed by atoms with Crippen LogP contribution in [0.2, 0.25) is 5.02 Å². The molecule has 0 radical (unpaired) electrons. The molecule has 1 amide bonds. The maximum Gasteiger partial charge on any atom is 0.407 e. The fourth-order valence-electron chi connectivity index (χ4n) is 2.87. The molecule has 0 spiro atoms. The van der Waals surface area contributed by atoms with Gasteiger partial charge in [-0.25, -0.2) is 9.59 Å². The molecule has 1 aromatic rings. The summed E-state index contributed by atoms with van der Waals surface area (Å²) in [5.41, 5.74) is 1.51. The number of benzene rings is 1. The first-order chi connectivity index (χ1) is 11.0. The van der Waals surface area contributed by atoms with E-state index in [1.54, 1.807) is 24.3 Å². The number of rotatable bonds is 5. The summed E-state index contributed by atoms with van der Waals surface area (Å²) in [5, 5.41) is 12.6. The number of carboxylic acid groups (broad SMARTS) is 1. The van der Waals surface area contributed by atoms with Crippen molar-refractivity contribution < 1.29 is 24.3 Å². The van der Waals surface area contributed by atoms with Crippen LogP contribution >= 0.6 is 11.6 Å². The number of hydrogen-bond donors (Lipinski definition) is 2. The highest BCUT2D eigenvalue weighted by Crippen LogP contribution is 2.42. The lowest BCUT2D eigenvalue weighted by molar-refractivity contribution is -0.157. The molecule has 8 heteroatoms. The van der Waals surface area contributed by atoms with Crippen molar-refractivity contribution in [2.45, 2.75) is 13.0 Å². The molecule has 2 heterocycles. The van der Waals surface area contributed by atoms with Gasteiger partial charge in [-0.1, -0.05) is 11.6 Å². The van der Waals surface area contributed by atoms with Gasteiger partial charge in [-0.05, 0) is 19.1 Å². The van der Waals surface area contributed by atoms with Crippen molar-refractivity contribution in [3.05, 3.63) is 34.5 Å². The number of nitrogens with one attached hydrogen (secondary N) is 1. The molecule has 2 atom stereocenters. The Bertz CT molecular complexity index is 705. The lowest BCUT2D eigenvalue weighted by atomic mass is 10.2. The van der Waals surface area contributed by atoms with E-state index in [2.05, 4.69) is 5.32 Å². The Morgan fingerprint density at radius 3 is 2.96 bits per heavy atom. The van der Waals surface area contributed by atoms with Crippen molar-refractivity contribution in [2.75, 3.05) is 19.7 Å². The van der Waals surface area contributed by atoms with E-state index in [1.165, 1.54) is 0 Å². The number of halogens is 1. The van der Waals surface area contributed by atoms with Crippen LogP contribution < -0.4 is 9.96 Å². The lowest BCUT2D eigenvalue weighted by Crippen LogP contribution is -2.50. The third-order valence-electron chi connectivity index (χ3n) is 3.95. The summed E-state index contributed by atoms with van der Waals surface area (Å²) in [6.45, 7) is 2.63. The highest BCUT2D eigenvalue weighted by atomic mass is 35.5. The maximum absolute atomic E-state index is 11.7. The second-order valence-electron chi connectivity index (χ2n) is 5.30. The molecule has 3 rings (SSSR count). The molecule has 1 fully saturated rings. The molecule has 2 unspecified atom stereocenters. The molecule has 23 heavy (non-hydrogen) atoms. The predicted molar refractivity (Wildman–Crippen MR) is 83.6 cm³/mol. The summed E-state index contributed by atoms with van der Waals surface area (Å²) in [7, 11) is 0. The number of alkyl carbamates (subject to hydrolysis) is 1. The van der Waals surface area contributed by atoms with Gasteiger partial charge in [-0.3, -0.25) is 0 Å². The number of aliphatic carboxylic acids is 1. The van der Waals surface area contributed by atoms with E-state index < -0.39 is 18.2 Å². The standard InChI is InChI=1S/C15H15ClN2O5/c1-2-18(22-8-11-7-17-15(21)23-11)12-4-3-10(16)5-9(12)6-13(18)14(19)20/h3-6,11H,2,7-8H2,1H3,(H-,17,19,20,21)/p+1. The molecule has 2 aliphatic rings. The first-order valence-electron chi connectivity index (χ1n) is 7.19. The van der Waals surface area contributed by atoms with Crippen LogP contribution in [0.15, 0.2) is 23.9 Å². The third-order valence-corrected chi connectivity index (χ3v) is 4.19. The minimum atomic E-state index is -1.07. The second-order valence-corrected chi connectivity index (χ2v) is 5.73. The van der Waals surface area contributed by atoms with Crippen LogP contribution in [-0.2, 0) is 14.4 Å². The summed E-state index contributed by atoms with van der Waals surface area (Å²) in [5.74, 6) is -1.07. The Labute approximate surface area is 137 Å². The van der Waals surface area contributed by atoms with Gasteiger partial charge < -0.3 is 15.2 Å². The Morgan fingerprint density at radius 2 is 2.35 bits per heavy atom. The van der Waals surface area contributed by atoms with Crippen LogP contribution in [-0.4, -0.2) is 43.0 Å². The van der Waals surface area contributed by atoms with Crippen LogP contribution in [0.5, 0.6) is 0 Å². The Hall–Kier alpha value is -2.09. The van der Waals surface area contributed by atoms with Gasteiger partial charge in [0.05, 0.1) is 6.54 Å². The number of quaternary nitrogens is 1. The van der Waals surface area contributed by atoms with E-state index in [-0.39, 0.29) is 17.0 Å². The number of carbonyl (C=O) groups is 2. The molecule has 0 saturated carbocycles. The van der Waals surface area contributed by atoms with Crippen LogP contribution in [0, 0.1) is 0 Å². The molecule has 2 aliphatic heterocycles. The fourth-order valence-corrected chi connectivity index (χ4v) is 3.05. The van der Waals surface area contributed by atoms with E-state index in [0.29, 0.717) is 29.4 Å². The zero-order valence-corrected chi connectivity index (χ0v) is 13.2. The summed E-state index contributed by atoms with van der Waals surface area (Å²) in [4.78, 5) is 28.7. The minimum Gasteiger partial charge on any atom is -0.474 e. The fraction of sp³-hybridized carbons (Fsp3) is 0.333. The molecule has 122 valence electrons. The van der Waals surface area contributed by atoms with Gasteiger partial charge in [0, 0.05) is 22.7 Å². The average molecular weight is 340 g/mol. The zero-order chi connectivity index (χ0) is 16.6. The van der Waals surface area contributed by atoms with E-state index in [9.17, 15) is 14.7 Å². The zero-order valence-electron chi connectivity index (χ0n) is 12.4. The van der Waals surface area contributed by atoms with Crippen molar-refractivity contribution in [3.63, 3.8) is 0 Å². The highest BCUT2D eigenvalue weighted by Gasteiger charge is 2.48. The molecule has 0 aliphatic carbocycles. The second kappa shape index (κ2) is 5.84. The normalized spacial score (nSPS) is 25.6. The van der Waals surface area contributed by atoms with Gasteiger partial charge in [-0.15, -0.1) is 4.65 Å². The molecular weight excluding hydrogens is 324 g/mol. The van der Waals surface area contributed by atoms with Gasteiger partial charge >= 0.3 is 12.1 Å². The molecular formula is C15H16ClN2O5+. The van der Waals surface area contributed by atoms with E-state index in [0.717, 1.165) is 0 Å². The number of hydroxylamine groups is 2. The first-order valence-corrected chi connectivity index (χ1v) is 7.57. The topological polar surface area (TPSA) is 84.9 Å². The lowest BCUT2D eigenvalue weighted by Gasteiger charge is -2.31. The van der Waals surface area contributed by atoms with Gasteiger partial charge in [0.1, 0.15) is 13.2 Å². The number of carbonyl (C=O) groups excluding carboxylic acids is 1. The summed E-state index contributed by atoms with van der Waals surface area (Å²) >= 11 is 5.99. The summed E-state index contributed by atoms with van der Waals surface area (Å²) in [6, 6.07) is 5.16. The first kappa shape index (κ1) is 15.8. The largest absolute Gasteiger partial charge is 0.474 e. The van der Waals surface area contributed by atoms with E-state index >= 15 is 0 Å². The van der Waals surface area contributed by atoms with Crippen molar-refractivity contribution in [3.8, 4) is 0 Å². The van der Waals surface area contributed by atoms with Gasteiger partial charge in [0.2, 0.25) is 0 Å². The average Bonchev–Trinajstić information content (AvgIpc) is 3.06. The summed E-state index contributed by atoms with van der Waals surface area (Å²) in [6.07, 6.45) is 0.617. The Morgan fingerprint density at radius 1 is 1.57 bits per heavy atom. The molecule has 0 aromatic heterocycles. The van der Waals surface area contributed by atoms with E-state index in [1.807, 2.05) is 6.92 Å². The molecule has 2 N–H and O–H groups in total. The Kier molecular flexibility index (Phi) is 4.01. The number of carboxylic acids is 1. The number of likely N-dealkylation sites (N-methyl/N-ethyl adjacent to an activating group) is 1. The number of fused-ring (bicyclic) bond motifs is 1. The molecule has 7 nitrogen and oxygen atoms in total. The molecule has 1 aromatic carbocycles. The highest BCUT2D eigenvalue weighted by molar-refractivity contribution is 6.30. The predicted octanol–water partition coefficient (Wildman–Crippen LogP) is 2.15. The van der Waals surface area contributed by atoms with Crippen molar-refractivity contribution in [1.82, 2.24) is 9.96 Å². The van der Waals surface area contributed by atoms with Crippen molar-refractivity contribution in [2.24, 2.45) is 0 Å². The quantitative estimate of drug-likeness (QED) is 0.803. The van der Waals surface area contributed by atoms with Crippen LogP contribution in [0.4, 0.5) is 10.5 Å². The minimum absolute atomic E-state index is 0.0826. The van der Waals surface area contributed by atoms with Crippen LogP contribution in [0.25, 0.3) is 6.08 Å².